The first kappa shape index (κ1) is 24.6. The summed E-state index contributed by atoms with van der Waals surface area (Å²) in [7, 11) is -4.92. The van der Waals surface area contributed by atoms with Crippen LogP contribution >= 0.6 is 14.3 Å². The van der Waals surface area contributed by atoms with Crippen LogP contribution in [0.15, 0.2) is 0 Å². The van der Waals surface area contributed by atoms with Crippen LogP contribution in [-0.4, -0.2) is 28.5 Å². The predicted octanol–water partition coefficient (Wildman–Crippen LogP) is 9.49. The summed E-state index contributed by atoms with van der Waals surface area (Å²) in [6.45, 7) is 4.76. The molecule has 0 aromatic carbocycles. The van der Waals surface area contributed by atoms with Crippen molar-refractivity contribution in [2.45, 2.75) is 152 Å². The van der Waals surface area contributed by atoms with Gasteiger partial charge in [-0.25, -0.2) is 0 Å². The van der Waals surface area contributed by atoms with E-state index in [-0.39, 0.29) is 0 Å². The average Bonchev–Trinajstić information content (AvgIpc) is 2.80. The molecule has 4 heteroatoms. The van der Waals surface area contributed by atoms with Gasteiger partial charge in [0.2, 0.25) is 0 Å². The van der Waals surface area contributed by atoms with Crippen LogP contribution in [0.25, 0.3) is 0 Å². The second-order valence-electron chi connectivity index (χ2n) is 12.2. The largest absolute Gasteiger partial charge is 0.323 e. The fourth-order valence-electron chi connectivity index (χ4n) is 8.15. The molecule has 0 saturated heterocycles. The van der Waals surface area contributed by atoms with E-state index in [1.165, 1.54) is 70.6 Å². The van der Waals surface area contributed by atoms with E-state index in [0.29, 0.717) is 40.4 Å². The zero-order chi connectivity index (χ0) is 21.9. The molecular formula is C27H50O2P2. The SMILES string of the molecule is CC1CCCC(P(=O)(CP(=O)(C2CCCCC2)C2CCCCC2C)C2CCCCC2)C1. The van der Waals surface area contributed by atoms with E-state index in [2.05, 4.69) is 13.8 Å². The quantitative estimate of drug-likeness (QED) is 0.364. The van der Waals surface area contributed by atoms with Crippen LogP contribution in [0.2, 0.25) is 0 Å². The Balaban J connectivity index is 1.69. The molecule has 31 heavy (non-hydrogen) atoms. The Morgan fingerprint density at radius 1 is 0.548 bits per heavy atom. The highest BCUT2D eigenvalue weighted by Gasteiger charge is 2.52. The highest BCUT2D eigenvalue weighted by molar-refractivity contribution is 7.82. The van der Waals surface area contributed by atoms with E-state index in [1.54, 1.807) is 0 Å². The molecule has 6 unspecified atom stereocenters. The monoisotopic (exact) mass is 468 g/mol. The fraction of sp³-hybridized carbons (Fsp3) is 1.00. The molecule has 0 amide bonds. The zero-order valence-corrected chi connectivity index (χ0v) is 22.4. The number of rotatable bonds is 6. The van der Waals surface area contributed by atoms with Crippen molar-refractivity contribution in [2.24, 2.45) is 11.8 Å². The molecular weight excluding hydrogens is 418 g/mol. The molecule has 0 aromatic rings. The molecule has 0 heterocycles. The predicted molar refractivity (Wildman–Crippen MR) is 137 cm³/mol. The Hall–Kier alpha value is 0.460. The minimum atomic E-state index is -2.46. The van der Waals surface area contributed by atoms with Crippen LogP contribution in [0, 0.1) is 11.8 Å². The normalized spacial score (nSPS) is 38.3. The van der Waals surface area contributed by atoms with E-state index in [1.807, 2.05) is 0 Å². The number of hydrogen-bond acceptors (Lipinski definition) is 2. The molecule has 6 atom stereocenters. The Kier molecular flexibility index (Phi) is 8.57. The molecule has 0 radical (unpaired) electrons. The fourth-order valence-corrected chi connectivity index (χ4v) is 21.1. The Morgan fingerprint density at radius 3 is 1.65 bits per heavy atom. The molecule has 4 saturated carbocycles. The third-order valence-corrected chi connectivity index (χ3v) is 20.6. The standard InChI is InChI=1S/C27H50O2P2/c1-22-12-11-18-26(20-22)30(28,24-14-5-3-6-15-24)21-31(29,25-16-7-4-8-17-25)27-19-10-9-13-23(27)2/h22-27H,3-21H2,1-2H3. The smallest absolute Gasteiger partial charge is 0.101 e. The molecule has 4 fully saturated rings. The Bertz CT molecular complexity index is 662. The molecule has 0 N–H and O–H groups in total. The molecule has 180 valence electrons. The van der Waals surface area contributed by atoms with Crippen LogP contribution < -0.4 is 0 Å². The summed E-state index contributed by atoms with van der Waals surface area (Å²) in [5.74, 6) is 1.96. The first-order valence-electron chi connectivity index (χ1n) is 14.1. The summed E-state index contributed by atoms with van der Waals surface area (Å²) in [6.07, 6.45) is 22.1. The van der Waals surface area contributed by atoms with E-state index in [0.717, 1.165) is 44.9 Å². The van der Waals surface area contributed by atoms with Gasteiger partial charge in [0, 0.05) is 22.6 Å². The van der Waals surface area contributed by atoms with Gasteiger partial charge >= 0.3 is 0 Å². The topological polar surface area (TPSA) is 34.1 Å². The summed E-state index contributed by atoms with van der Waals surface area (Å²) in [5.41, 5.74) is 1.55. The first-order chi connectivity index (χ1) is 14.9. The molecule has 4 rings (SSSR count). The third kappa shape index (κ3) is 5.42. The van der Waals surface area contributed by atoms with Gasteiger partial charge in [0.1, 0.15) is 14.3 Å². The highest BCUT2D eigenvalue weighted by atomic mass is 31.2. The van der Waals surface area contributed by atoms with Gasteiger partial charge in [-0.1, -0.05) is 78.1 Å². The van der Waals surface area contributed by atoms with Gasteiger partial charge in [0.05, 0.1) is 5.90 Å². The molecule has 4 aliphatic carbocycles. The lowest BCUT2D eigenvalue weighted by Gasteiger charge is -2.46. The molecule has 0 aromatic heterocycles. The lowest BCUT2D eigenvalue weighted by atomic mass is 9.90. The summed E-state index contributed by atoms with van der Waals surface area (Å²) < 4.78 is 30.6. The zero-order valence-electron chi connectivity index (χ0n) is 20.6. The van der Waals surface area contributed by atoms with Gasteiger partial charge in [-0.15, -0.1) is 0 Å². The van der Waals surface area contributed by atoms with Gasteiger partial charge in [-0.3, -0.25) is 0 Å². The van der Waals surface area contributed by atoms with Crippen molar-refractivity contribution in [3.63, 3.8) is 0 Å². The Labute approximate surface area is 193 Å². The van der Waals surface area contributed by atoms with Crippen molar-refractivity contribution < 1.29 is 9.13 Å². The second kappa shape index (κ2) is 10.8. The molecule has 4 aliphatic rings. The van der Waals surface area contributed by atoms with Crippen LogP contribution in [-0.2, 0) is 9.13 Å². The van der Waals surface area contributed by atoms with Crippen LogP contribution in [0.1, 0.15) is 129 Å². The summed E-state index contributed by atoms with van der Waals surface area (Å²) in [6, 6.07) is 0. The van der Waals surface area contributed by atoms with Crippen molar-refractivity contribution in [1.29, 1.82) is 0 Å². The van der Waals surface area contributed by atoms with E-state index in [4.69, 9.17) is 0 Å². The molecule has 2 nitrogen and oxygen atoms in total. The van der Waals surface area contributed by atoms with Gasteiger partial charge in [-0.05, 0) is 63.2 Å². The molecule has 0 aliphatic heterocycles. The highest BCUT2D eigenvalue weighted by Crippen LogP contribution is 2.76. The van der Waals surface area contributed by atoms with Crippen LogP contribution in [0.4, 0.5) is 0 Å². The van der Waals surface area contributed by atoms with Gasteiger partial charge < -0.3 is 9.13 Å². The lowest BCUT2D eigenvalue weighted by Crippen LogP contribution is -2.33. The third-order valence-electron chi connectivity index (χ3n) is 9.98. The summed E-state index contributed by atoms with van der Waals surface area (Å²) in [5, 5.41) is 0. The van der Waals surface area contributed by atoms with Gasteiger partial charge in [0.15, 0.2) is 0 Å². The molecule has 0 bridgehead atoms. The Morgan fingerprint density at radius 2 is 1.06 bits per heavy atom. The second-order valence-corrected chi connectivity index (χ2v) is 19.6. The van der Waals surface area contributed by atoms with Gasteiger partial charge in [0.25, 0.3) is 0 Å². The van der Waals surface area contributed by atoms with Crippen molar-refractivity contribution in [3.05, 3.63) is 0 Å². The van der Waals surface area contributed by atoms with Crippen molar-refractivity contribution in [2.75, 3.05) is 5.90 Å². The maximum atomic E-state index is 15.3. The van der Waals surface area contributed by atoms with E-state index < -0.39 is 14.3 Å². The van der Waals surface area contributed by atoms with Crippen molar-refractivity contribution >= 4 is 14.3 Å². The minimum absolute atomic E-state index is 0.377. The first-order valence-corrected chi connectivity index (χ1v) is 18.2. The lowest BCUT2D eigenvalue weighted by molar-refractivity contribution is 0.368. The minimum Gasteiger partial charge on any atom is -0.323 e. The van der Waals surface area contributed by atoms with Gasteiger partial charge in [-0.2, -0.15) is 0 Å². The summed E-state index contributed by atoms with van der Waals surface area (Å²) >= 11 is 0. The average molecular weight is 469 g/mol. The van der Waals surface area contributed by atoms with E-state index in [9.17, 15) is 0 Å². The maximum absolute atomic E-state index is 15.3. The van der Waals surface area contributed by atoms with Crippen LogP contribution in [0.3, 0.4) is 0 Å². The summed E-state index contributed by atoms with van der Waals surface area (Å²) in [4.78, 5) is 0. The van der Waals surface area contributed by atoms with Crippen molar-refractivity contribution in [3.8, 4) is 0 Å². The maximum Gasteiger partial charge on any atom is 0.101 e. The molecule has 0 spiro atoms. The van der Waals surface area contributed by atoms with E-state index >= 15 is 9.13 Å². The van der Waals surface area contributed by atoms with Crippen LogP contribution in [0.5, 0.6) is 0 Å². The number of hydrogen-bond donors (Lipinski definition) is 0. The van der Waals surface area contributed by atoms with Crippen molar-refractivity contribution in [1.82, 2.24) is 0 Å².